The Bertz CT molecular complexity index is 999. The van der Waals surface area contributed by atoms with Gasteiger partial charge in [0.25, 0.3) is 0 Å². The summed E-state index contributed by atoms with van der Waals surface area (Å²) in [7, 11) is 3.33. The second kappa shape index (κ2) is 8.67. The fourth-order valence-electron chi connectivity index (χ4n) is 3.49. The highest BCUT2D eigenvalue weighted by Crippen LogP contribution is 2.30. The zero-order valence-electron chi connectivity index (χ0n) is 16.6. The van der Waals surface area contributed by atoms with E-state index in [1.54, 1.807) is 14.2 Å². The monoisotopic (exact) mass is 412 g/mol. The highest BCUT2D eigenvalue weighted by molar-refractivity contribution is 7.22. The number of hydrogen-bond acceptors (Lipinski definition) is 7. The van der Waals surface area contributed by atoms with Crippen molar-refractivity contribution in [3.63, 3.8) is 0 Å². The van der Waals surface area contributed by atoms with Gasteiger partial charge in [-0.25, -0.2) is 4.98 Å². The Morgan fingerprint density at radius 1 is 1.10 bits per heavy atom. The third-order valence-corrected chi connectivity index (χ3v) is 5.94. The Hall–Kier alpha value is -2.84. The van der Waals surface area contributed by atoms with Gasteiger partial charge in [0.15, 0.2) is 5.13 Å². The first kappa shape index (κ1) is 19.5. The van der Waals surface area contributed by atoms with Crippen LogP contribution in [-0.2, 0) is 4.79 Å². The van der Waals surface area contributed by atoms with Crippen molar-refractivity contribution in [2.24, 2.45) is 0 Å². The summed E-state index contributed by atoms with van der Waals surface area (Å²) in [5, 5.41) is 3.55. The van der Waals surface area contributed by atoms with E-state index >= 15 is 0 Å². The van der Waals surface area contributed by atoms with Crippen molar-refractivity contribution in [2.45, 2.75) is 0 Å². The van der Waals surface area contributed by atoms with Crippen LogP contribution < -0.4 is 19.7 Å². The van der Waals surface area contributed by atoms with Crippen molar-refractivity contribution in [1.82, 2.24) is 9.88 Å². The maximum Gasteiger partial charge on any atom is 0.240 e. The fraction of sp³-hybridized carbons (Fsp3) is 0.333. The van der Waals surface area contributed by atoms with Crippen LogP contribution in [0.15, 0.2) is 42.5 Å². The first-order valence-corrected chi connectivity index (χ1v) is 10.3. The van der Waals surface area contributed by atoms with Crippen molar-refractivity contribution in [2.75, 3.05) is 57.2 Å². The molecule has 29 heavy (non-hydrogen) atoms. The van der Waals surface area contributed by atoms with Gasteiger partial charge < -0.3 is 19.7 Å². The molecule has 1 amide bonds. The van der Waals surface area contributed by atoms with E-state index in [-0.39, 0.29) is 5.91 Å². The summed E-state index contributed by atoms with van der Waals surface area (Å²) in [6.45, 7) is 3.72. The Labute approximate surface area is 173 Å². The zero-order chi connectivity index (χ0) is 20.2. The number of benzene rings is 2. The molecular weight excluding hydrogens is 388 g/mol. The largest absolute Gasteiger partial charge is 0.497 e. The summed E-state index contributed by atoms with van der Waals surface area (Å²) in [6, 6.07) is 13.7. The average Bonchev–Trinajstić information content (AvgIpc) is 3.15. The van der Waals surface area contributed by atoms with Gasteiger partial charge in [-0.05, 0) is 30.3 Å². The number of piperazine rings is 1. The van der Waals surface area contributed by atoms with Crippen LogP contribution in [0.25, 0.3) is 10.2 Å². The minimum Gasteiger partial charge on any atom is -0.497 e. The number of ether oxygens (including phenoxy) is 2. The molecule has 1 saturated heterocycles. The standard InChI is InChI=1S/C21H24N4O3S/c1-27-15-7-8-16-19(13-15)29-21(22-16)23-20(26)14-24-9-11-25(12-10-24)17-5-3-4-6-18(17)28-2/h3-8,13H,9-12,14H2,1-2H3,(H,22,23,26). The molecule has 1 fully saturated rings. The predicted molar refractivity (Wildman–Crippen MR) is 116 cm³/mol. The van der Waals surface area contributed by atoms with Crippen LogP contribution in [0.5, 0.6) is 11.5 Å². The molecule has 1 aliphatic heterocycles. The van der Waals surface area contributed by atoms with E-state index in [0.717, 1.165) is 53.6 Å². The lowest BCUT2D eigenvalue weighted by Crippen LogP contribution is -2.48. The molecule has 1 aromatic heterocycles. The van der Waals surface area contributed by atoms with Crippen molar-refractivity contribution < 1.29 is 14.3 Å². The lowest BCUT2D eigenvalue weighted by atomic mass is 10.2. The number of rotatable bonds is 6. The second-order valence-electron chi connectivity index (χ2n) is 6.84. The lowest BCUT2D eigenvalue weighted by molar-refractivity contribution is -0.117. The van der Waals surface area contributed by atoms with Gasteiger partial charge in [0.1, 0.15) is 11.5 Å². The molecule has 0 atom stereocenters. The normalized spacial score (nSPS) is 14.8. The summed E-state index contributed by atoms with van der Waals surface area (Å²) in [5.74, 6) is 1.62. The summed E-state index contributed by atoms with van der Waals surface area (Å²) >= 11 is 1.46. The van der Waals surface area contributed by atoms with E-state index in [2.05, 4.69) is 26.2 Å². The first-order chi connectivity index (χ1) is 14.2. The van der Waals surface area contributed by atoms with E-state index in [0.29, 0.717) is 11.7 Å². The molecule has 8 heteroatoms. The van der Waals surface area contributed by atoms with Crippen LogP contribution in [0.3, 0.4) is 0 Å². The summed E-state index contributed by atoms with van der Waals surface area (Å²) < 4.78 is 11.7. The highest BCUT2D eigenvalue weighted by Gasteiger charge is 2.21. The van der Waals surface area contributed by atoms with Crippen LogP contribution in [0, 0.1) is 0 Å². The quantitative estimate of drug-likeness (QED) is 0.671. The number of nitrogens with zero attached hydrogens (tertiary/aromatic N) is 3. The second-order valence-corrected chi connectivity index (χ2v) is 7.87. The van der Waals surface area contributed by atoms with Crippen molar-refractivity contribution in [3.8, 4) is 11.5 Å². The Kier molecular flexibility index (Phi) is 5.82. The number of nitrogens with one attached hydrogen (secondary N) is 1. The molecule has 1 N–H and O–H groups in total. The molecule has 0 saturated carbocycles. The van der Waals surface area contributed by atoms with E-state index in [1.165, 1.54) is 11.3 Å². The van der Waals surface area contributed by atoms with Gasteiger partial charge in [0, 0.05) is 26.2 Å². The number of para-hydroxylation sites is 2. The van der Waals surface area contributed by atoms with Crippen LogP contribution in [0.4, 0.5) is 10.8 Å². The minimum atomic E-state index is -0.0400. The molecule has 2 aromatic carbocycles. The van der Waals surface area contributed by atoms with E-state index in [9.17, 15) is 4.79 Å². The Balaban J connectivity index is 1.32. The average molecular weight is 413 g/mol. The van der Waals surface area contributed by atoms with Crippen molar-refractivity contribution in [1.29, 1.82) is 0 Å². The maximum absolute atomic E-state index is 12.5. The number of hydrogen-bond donors (Lipinski definition) is 1. The topological polar surface area (TPSA) is 66.9 Å². The number of thiazole rings is 1. The molecule has 0 spiro atoms. The number of amides is 1. The maximum atomic E-state index is 12.5. The van der Waals surface area contributed by atoms with Crippen molar-refractivity contribution in [3.05, 3.63) is 42.5 Å². The van der Waals surface area contributed by atoms with E-state index < -0.39 is 0 Å². The predicted octanol–water partition coefficient (Wildman–Crippen LogP) is 3.07. The lowest BCUT2D eigenvalue weighted by Gasteiger charge is -2.36. The first-order valence-electron chi connectivity index (χ1n) is 9.51. The molecule has 4 rings (SSSR count). The van der Waals surface area contributed by atoms with Gasteiger partial charge in [0.2, 0.25) is 5.91 Å². The molecule has 2 heterocycles. The number of anilines is 2. The van der Waals surface area contributed by atoms with Crippen LogP contribution in [-0.4, -0.2) is 62.7 Å². The molecule has 0 unspecified atom stereocenters. The third kappa shape index (κ3) is 4.44. The molecule has 152 valence electrons. The highest BCUT2D eigenvalue weighted by atomic mass is 32.1. The zero-order valence-corrected chi connectivity index (χ0v) is 17.4. The van der Waals surface area contributed by atoms with E-state index in [1.807, 2.05) is 36.4 Å². The summed E-state index contributed by atoms with van der Waals surface area (Å²) in [6.07, 6.45) is 0. The van der Waals surface area contributed by atoms with Gasteiger partial charge >= 0.3 is 0 Å². The molecule has 0 aliphatic carbocycles. The molecule has 3 aromatic rings. The van der Waals surface area contributed by atoms with Crippen molar-refractivity contribution >= 4 is 38.3 Å². The number of carbonyl (C=O) groups excluding carboxylic acids is 1. The molecule has 0 radical (unpaired) electrons. The summed E-state index contributed by atoms with van der Waals surface area (Å²) in [5.41, 5.74) is 1.96. The van der Waals surface area contributed by atoms with Gasteiger partial charge in [-0.3, -0.25) is 9.69 Å². The number of aromatic nitrogens is 1. The summed E-state index contributed by atoms with van der Waals surface area (Å²) in [4.78, 5) is 21.4. The molecule has 0 bridgehead atoms. The van der Waals surface area contributed by atoms with Crippen LogP contribution in [0.2, 0.25) is 0 Å². The third-order valence-electron chi connectivity index (χ3n) is 5.01. The van der Waals surface area contributed by atoms with Gasteiger partial charge in [-0.1, -0.05) is 23.5 Å². The fourth-order valence-corrected chi connectivity index (χ4v) is 4.40. The molecule has 1 aliphatic rings. The number of methoxy groups -OCH3 is 2. The van der Waals surface area contributed by atoms with Crippen LogP contribution in [0.1, 0.15) is 0 Å². The molecular formula is C21H24N4O3S. The Morgan fingerprint density at radius 2 is 1.90 bits per heavy atom. The molecule has 7 nitrogen and oxygen atoms in total. The SMILES string of the molecule is COc1ccc2nc(NC(=O)CN3CCN(c4ccccc4OC)CC3)sc2c1. The van der Waals surface area contributed by atoms with Gasteiger partial charge in [-0.15, -0.1) is 0 Å². The van der Waals surface area contributed by atoms with Gasteiger partial charge in [-0.2, -0.15) is 0 Å². The number of fused-ring (bicyclic) bond motifs is 1. The van der Waals surface area contributed by atoms with Crippen LogP contribution >= 0.6 is 11.3 Å². The minimum absolute atomic E-state index is 0.0400. The van der Waals surface area contributed by atoms with Gasteiger partial charge in [0.05, 0.1) is 36.7 Å². The smallest absolute Gasteiger partial charge is 0.240 e. The Morgan fingerprint density at radius 3 is 2.66 bits per heavy atom. The number of carbonyl (C=O) groups is 1. The van der Waals surface area contributed by atoms with E-state index in [4.69, 9.17) is 9.47 Å².